The van der Waals surface area contributed by atoms with Crippen molar-refractivity contribution >= 4 is 35.0 Å². The van der Waals surface area contributed by atoms with Gasteiger partial charge in [0.25, 0.3) is 0 Å². The summed E-state index contributed by atoms with van der Waals surface area (Å²) < 4.78 is 4.89. The van der Waals surface area contributed by atoms with Crippen molar-refractivity contribution < 1.29 is 49.0 Å². The zero-order chi connectivity index (χ0) is 14.6. The Morgan fingerprint density at radius 3 is 2.40 bits per heavy atom. The molecule has 0 heterocycles. The molecule has 1 aromatic rings. The topological polar surface area (TPSA) is 66.4 Å². The van der Waals surface area contributed by atoms with Gasteiger partial charge in [0.2, 0.25) is 0 Å². The number of carbonyl (C=O) groups is 2. The maximum Gasteiger partial charge on any atom is 1.00 e. The number of Topliss-reactive ketones (excluding diaryl/α,β-unsaturated/α-hetero) is 1. The molecule has 1 rings (SSSR count). The van der Waals surface area contributed by atoms with Crippen molar-refractivity contribution in [2.45, 2.75) is 13.3 Å². The minimum atomic E-state index is -1.38. The molecule has 0 bridgehead atoms. The Hall–Kier alpha value is -0.520. The molecule has 0 N–H and O–H groups in total. The van der Waals surface area contributed by atoms with E-state index in [2.05, 4.69) is 6.58 Å². The average Bonchev–Trinajstić information content (AvgIpc) is 2.38. The van der Waals surface area contributed by atoms with Gasteiger partial charge >= 0.3 is 29.6 Å². The molecule has 7 heteroatoms. The number of rotatable bonds is 6. The van der Waals surface area contributed by atoms with Gasteiger partial charge in [0, 0.05) is 5.56 Å². The molecule has 1 aromatic carbocycles. The Kier molecular flexibility index (Phi) is 8.47. The second-order valence-electron chi connectivity index (χ2n) is 3.69. The molecule has 20 heavy (non-hydrogen) atoms. The third-order valence-electron chi connectivity index (χ3n) is 2.38. The zero-order valence-electron chi connectivity index (χ0n) is 11.2. The summed E-state index contributed by atoms with van der Waals surface area (Å²) in [6.07, 6.45) is 0.496. The second kappa shape index (κ2) is 8.70. The summed E-state index contributed by atoms with van der Waals surface area (Å²) in [5.74, 6) is -1.61. The molecule has 0 saturated carbocycles. The quantitative estimate of drug-likeness (QED) is 0.393. The van der Waals surface area contributed by atoms with Crippen LogP contribution in [-0.2, 0) is 4.79 Å². The van der Waals surface area contributed by atoms with Crippen molar-refractivity contribution in [1.29, 1.82) is 0 Å². The second-order valence-corrected chi connectivity index (χ2v) is 4.44. The summed E-state index contributed by atoms with van der Waals surface area (Å²) in [7, 11) is 0. The standard InChI is InChI=1S/C13H12Cl2O4.Na/c1-3-7(2)13(18)8-4-5-9(12(15)11(8)14)19-6-10(16)17;/h4-5H,2-3,6H2,1H3,(H,16,17);/q;+1/p-1. The van der Waals surface area contributed by atoms with Crippen LogP contribution in [0.2, 0.25) is 10.0 Å². The van der Waals surface area contributed by atoms with Crippen molar-refractivity contribution in [3.05, 3.63) is 39.9 Å². The van der Waals surface area contributed by atoms with Crippen LogP contribution in [0.4, 0.5) is 0 Å². The van der Waals surface area contributed by atoms with Gasteiger partial charge in [0.1, 0.15) is 17.4 Å². The van der Waals surface area contributed by atoms with Crippen molar-refractivity contribution in [3.8, 4) is 5.75 Å². The van der Waals surface area contributed by atoms with Gasteiger partial charge < -0.3 is 14.6 Å². The maximum atomic E-state index is 11.9. The van der Waals surface area contributed by atoms with E-state index in [0.717, 1.165) is 0 Å². The molecule has 0 aliphatic carbocycles. The van der Waals surface area contributed by atoms with Gasteiger partial charge in [-0.3, -0.25) is 4.79 Å². The first kappa shape index (κ1) is 19.5. The van der Waals surface area contributed by atoms with Crippen LogP contribution in [0, 0.1) is 0 Å². The smallest absolute Gasteiger partial charge is 0.546 e. The number of benzene rings is 1. The number of carboxylic acids is 1. The minimum absolute atomic E-state index is 0. The number of carboxylic acid groups (broad SMARTS) is 1. The first-order valence-electron chi connectivity index (χ1n) is 5.41. The van der Waals surface area contributed by atoms with Gasteiger partial charge in [-0.2, -0.15) is 0 Å². The molecule has 0 amide bonds. The average molecular weight is 325 g/mol. The molecule has 0 fully saturated rings. The van der Waals surface area contributed by atoms with Crippen LogP contribution < -0.4 is 39.4 Å². The molecule has 0 radical (unpaired) electrons. The maximum absolute atomic E-state index is 11.9. The Bertz CT molecular complexity index is 543. The molecular formula is C13H11Cl2NaO4. The van der Waals surface area contributed by atoms with Gasteiger partial charge in [-0.25, -0.2) is 0 Å². The fourth-order valence-electron chi connectivity index (χ4n) is 1.31. The predicted molar refractivity (Wildman–Crippen MR) is 70.7 cm³/mol. The molecule has 4 nitrogen and oxygen atoms in total. The number of ketones is 1. The normalized spacial score (nSPS) is 9.55. The van der Waals surface area contributed by atoms with Crippen LogP contribution in [0.3, 0.4) is 0 Å². The molecule has 0 unspecified atom stereocenters. The molecule has 0 atom stereocenters. The molecule has 102 valence electrons. The molecule has 0 spiro atoms. The van der Waals surface area contributed by atoms with Crippen molar-refractivity contribution in [1.82, 2.24) is 0 Å². The molecule has 0 aromatic heterocycles. The van der Waals surface area contributed by atoms with E-state index in [-0.39, 0.29) is 56.7 Å². The van der Waals surface area contributed by atoms with E-state index in [0.29, 0.717) is 12.0 Å². The Labute approximate surface area is 149 Å². The summed E-state index contributed by atoms with van der Waals surface area (Å²) in [4.78, 5) is 22.2. The monoisotopic (exact) mass is 324 g/mol. The van der Waals surface area contributed by atoms with E-state index in [1.165, 1.54) is 12.1 Å². The number of ether oxygens (including phenoxy) is 1. The van der Waals surface area contributed by atoms with E-state index in [1.807, 2.05) is 0 Å². The number of aliphatic carboxylic acids is 1. The Morgan fingerprint density at radius 2 is 1.90 bits per heavy atom. The van der Waals surface area contributed by atoms with Gasteiger partial charge in [0.15, 0.2) is 5.78 Å². The summed E-state index contributed by atoms with van der Waals surface area (Å²) in [6.45, 7) is 4.78. The minimum Gasteiger partial charge on any atom is -0.546 e. The SMILES string of the molecule is C=C(CC)C(=O)c1ccc(OCC(=O)[O-])c(Cl)c1Cl.[Na+]. The molecular weight excluding hydrogens is 314 g/mol. The number of hydrogen-bond donors (Lipinski definition) is 0. The zero-order valence-corrected chi connectivity index (χ0v) is 14.7. The first-order chi connectivity index (χ1) is 8.88. The summed E-state index contributed by atoms with van der Waals surface area (Å²) in [5.41, 5.74) is 0.612. The third-order valence-corrected chi connectivity index (χ3v) is 3.25. The summed E-state index contributed by atoms with van der Waals surface area (Å²) in [5, 5.41) is 10.3. The first-order valence-corrected chi connectivity index (χ1v) is 6.17. The van der Waals surface area contributed by atoms with Crippen LogP contribution in [-0.4, -0.2) is 18.4 Å². The van der Waals surface area contributed by atoms with E-state index >= 15 is 0 Å². The van der Waals surface area contributed by atoms with Gasteiger partial charge in [-0.05, 0) is 24.1 Å². The Morgan fingerprint density at radius 1 is 1.30 bits per heavy atom. The van der Waals surface area contributed by atoms with Crippen LogP contribution >= 0.6 is 23.2 Å². The molecule has 0 saturated heterocycles. The summed E-state index contributed by atoms with van der Waals surface area (Å²) >= 11 is 11.9. The summed E-state index contributed by atoms with van der Waals surface area (Å²) in [6, 6.07) is 2.80. The predicted octanol–water partition coefficient (Wildman–Crippen LogP) is -0.725. The van der Waals surface area contributed by atoms with E-state index in [4.69, 9.17) is 27.9 Å². The largest absolute Gasteiger partial charge is 1.00 e. The molecule has 0 aliphatic heterocycles. The van der Waals surface area contributed by atoms with E-state index < -0.39 is 12.6 Å². The fourth-order valence-corrected chi connectivity index (χ4v) is 1.77. The number of halogens is 2. The van der Waals surface area contributed by atoms with Crippen LogP contribution in [0.25, 0.3) is 0 Å². The van der Waals surface area contributed by atoms with E-state index in [1.54, 1.807) is 6.92 Å². The van der Waals surface area contributed by atoms with Gasteiger partial charge in [0.05, 0.1) is 11.0 Å². The van der Waals surface area contributed by atoms with Crippen LogP contribution in [0.1, 0.15) is 23.7 Å². The van der Waals surface area contributed by atoms with Crippen LogP contribution in [0.15, 0.2) is 24.3 Å². The Balaban J connectivity index is 0.00000361. The third kappa shape index (κ3) is 4.79. The van der Waals surface area contributed by atoms with Gasteiger partial charge in [-0.15, -0.1) is 0 Å². The van der Waals surface area contributed by atoms with Crippen molar-refractivity contribution in [2.75, 3.05) is 6.61 Å². The van der Waals surface area contributed by atoms with Crippen molar-refractivity contribution in [3.63, 3.8) is 0 Å². The van der Waals surface area contributed by atoms with E-state index in [9.17, 15) is 14.7 Å². The van der Waals surface area contributed by atoms with Gasteiger partial charge in [-0.1, -0.05) is 36.7 Å². The van der Waals surface area contributed by atoms with Crippen molar-refractivity contribution in [2.24, 2.45) is 0 Å². The number of carbonyl (C=O) groups excluding carboxylic acids is 2. The van der Waals surface area contributed by atoms with Crippen LogP contribution in [0.5, 0.6) is 5.75 Å². The fraction of sp³-hybridized carbons (Fsp3) is 0.231. The number of allylic oxidation sites excluding steroid dienone is 1. The number of hydrogen-bond acceptors (Lipinski definition) is 4. The molecule has 0 aliphatic rings.